The summed E-state index contributed by atoms with van der Waals surface area (Å²) in [5.74, 6) is -2.23. The van der Waals surface area contributed by atoms with Crippen molar-refractivity contribution in [1.82, 2.24) is 9.97 Å². The number of aromatic nitrogens is 2. The molecule has 0 amide bonds. The highest BCUT2D eigenvalue weighted by Crippen LogP contribution is 2.35. The largest absolute Gasteiger partial charge is 0.474 e. The fourth-order valence-electron chi connectivity index (χ4n) is 3.25. The lowest BCUT2D eigenvalue weighted by atomic mass is 10.1. The van der Waals surface area contributed by atoms with Crippen LogP contribution in [0.5, 0.6) is 5.75 Å². The maximum atomic E-state index is 14.8. The van der Waals surface area contributed by atoms with Crippen LogP contribution in [0, 0.1) is 12.7 Å². The normalized spacial score (nSPS) is 22.2. The highest BCUT2D eigenvalue weighted by Gasteiger charge is 2.47. The first kappa shape index (κ1) is 24.4. The van der Waals surface area contributed by atoms with Crippen molar-refractivity contribution in [2.24, 2.45) is 0 Å². The average Bonchev–Trinajstić information content (AvgIpc) is 2.72. The lowest BCUT2D eigenvalue weighted by Crippen LogP contribution is -2.55. The molecule has 1 aliphatic rings. The van der Waals surface area contributed by atoms with Crippen molar-refractivity contribution in [3.63, 3.8) is 0 Å². The maximum absolute atomic E-state index is 14.8. The van der Waals surface area contributed by atoms with Gasteiger partial charge in [-0.1, -0.05) is 0 Å². The quantitative estimate of drug-likeness (QED) is 0.453. The van der Waals surface area contributed by atoms with E-state index in [0.29, 0.717) is 5.56 Å². The number of esters is 3. The second-order valence-electron chi connectivity index (χ2n) is 7.31. The first-order chi connectivity index (χ1) is 15.6. The van der Waals surface area contributed by atoms with E-state index in [9.17, 15) is 18.8 Å². The monoisotopic (exact) mass is 478 g/mol. The van der Waals surface area contributed by atoms with E-state index < -0.39 is 47.5 Å². The van der Waals surface area contributed by atoms with Crippen LogP contribution in [-0.2, 0) is 28.6 Å². The van der Waals surface area contributed by atoms with Crippen LogP contribution >= 0.6 is 11.8 Å². The van der Waals surface area contributed by atoms with Crippen LogP contribution < -0.4 is 4.74 Å². The lowest BCUT2D eigenvalue weighted by molar-refractivity contribution is -0.186. The Kier molecular flexibility index (Phi) is 7.85. The molecule has 2 aromatic rings. The highest BCUT2D eigenvalue weighted by atomic mass is 32.2. The Hall–Kier alpha value is -3.21. The third kappa shape index (κ3) is 6.41. The minimum absolute atomic E-state index is 0.0819. The van der Waals surface area contributed by atoms with E-state index in [1.54, 1.807) is 12.1 Å². The molecule has 3 heterocycles. The van der Waals surface area contributed by atoms with E-state index in [1.165, 1.54) is 44.9 Å². The fraction of sp³-hybridized carbons (Fsp3) is 0.409. The Balaban J connectivity index is 1.85. The van der Waals surface area contributed by atoms with Crippen molar-refractivity contribution in [2.45, 2.75) is 51.4 Å². The third-order valence-corrected chi connectivity index (χ3v) is 5.77. The van der Waals surface area contributed by atoms with Crippen molar-refractivity contribution in [3.8, 4) is 17.0 Å². The Labute approximate surface area is 194 Å². The van der Waals surface area contributed by atoms with E-state index in [-0.39, 0.29) is 17.2 Å². The smallest absolute Gasteiger partial charge is 0.303 e. The van der Waals surface area contributed by atoms with E-state index >= 15 is 0 Å². The second kappa shape index (κ2) is 10.6. The number of nitrogens with zero attached hydrogens (tertiary/aromatic N) is 2. The van der Waals surface area contributed by atoms with Crippen molar-refractivity contribution >= 4 is 29.7 Å². The van der Waals surface area contributed by atoms with Crippen LogP contribution in [0.2, 0.25) is 0 Å². The SMILES string of the molecule is CC(=O)O[C@@H]1[C@@H](OC(C)=O)[C@@H](Oc2cnc(-c3ccc(C)nc3)c(F)c2)SC[C@H]1OC(C)=O. The number of aryl methyl sites for hydroxylation is 1. The zero-order valence-corrected chi connectivity index (χ0v) is 19.3. The molecule has 33 heavy (non-hydrogen) atoms. The topological polar surface area (TPSA) is 114 Å². The first-order valence-corrected chi connectivity index (χ1v) is 11.1. The summed E-state index contributed by atoms with van der Waals surface area (Å²) in [6, 6.07) is 4.62. The molecule has 4 atom stereocenters. The number of carbonyl (C=O) groups excluding carboxylic acids is 3. The molecular formula is C22H23FN2O7S. The molecule has 0 aliphatic carbocycles. The van der Waals surface area contributed by atoms with Gasteiger partial charge in [-0.25, -0.2) is 9.37 Å². The number of pyridine rings is 2. The summed E-state index contributed by atoms with van der Waals surface area (Å²) < 4.78 is 36.5. The van der Waals surface area contributed by atoms with Gasteiger partial charge in [0.1, 0.15) is 11.4 Å². The highest BCUT2D eigenvalue weighted by molar-refractivity contribution is 7.99. The van der Waals surface area contributed by atoms with Gasteiger partial charge in [0.25, 0.3) is 0 Å². The fourth-order valence-corrected chi connectivity index (χ4v) is 4.47. The molecule has 0 saturated carbocycles. The molecule has 0 spiro atoms. The molecule has 11 heteroatoms. The van der Waals surface area contributed by atoms with Gasteiger partial charge in [-0.2, -0.15) is 0 Å². The van der Waals surface area contributed by atoms with Crippen LogP contribution in [-0.4, -0.2) is 57.4 Å². The third-order valence-electron chi connectivity index (χ3n) is 4.56. The summed E-state index contributed by atoms with van der Waals surface area (Å²) in [5.41, 5.74) is 0.529. The number of rotatable bonds is 6. The molecule has 0 N–H and O–H groups in total. The van der Waals surface area contributed by atoms with E-state index in [1.807, 2.05) is 6.92 Å². The number of hydrogen-bond acceptors (Lipinski definition) is 10. The Bertz CT molecular complexity index is 1030. The molecule has 1 saturated heterocycles. The van der Waals surface area contributed by atoms with Gasteiger partial charge >= 0.3 is 17.9 Å². The molecular weight excluding hydrogens is 455 g/mol. The van der Waals surface area contributed by atoms with Gasteiger partial charge < -0.3 is 18.9 Å². The Morgan fingerprint density at radius 3 is 2.21 bits per heavy atom. The van der Waals surface area contributed by atoms with Crippen LogP contribution in [0.15, 0.2) is 30.6 Å². The van der Waals surface area contributed by atoms with Crippen LogP contribution in [0.3, 0.4) is 0 Å². The average molecular weight is 478 g/mol. The molecule has 176 valence electrons. The van der Waals surface area contributed by atoms with Crippen LogP contribution in [0.25, 0.3) is 11.3 Å². The second-order valence-corrected chi connectivity index (χ2v) is 8.44. The summed E-state index contributed by atoms with van der Waals surface area (Å²) in [4.78, 5) is 43.2. The molecule has 2 aromatic heterocycles. The zero-order valence-electron chi connectivity index (χ0n) is 18.4. The number of halogens is 1. The van der Waals surface area contributed by atoms with E-state index in [2.05, 4.69) is 9.97 Å². The van der Waals surface area contributed by atoms with Crippen molar-refractivity contribution < 1.29 is 37.7 Å². The van der Waals surface area contributed by atoms with Gasteiger partial charge in [-0.05, 0) is 19.1 Å². The van der Waals surface area contributed by atoms with E-state index in [0.717, 1.165) is 11.8 Å². The molecule has 0 bridgehead atoms. The minimum atomic E-state index is -1.11. The zero-order chi connectivity index (χ0) is 24.1. The Morgan fingerprint density at radius 2 is 1.64 bits per heavy atom. The predicted octanol–water partition coefficient (Wildman–Crippen LogP) is 2.84. The van der Waals surface area contributed by atoms with Crippen LogP contribution in [0.4, 0.5) is 4.39 Å². The predicted molar refractivity (Wildman–Crippen MR) is 116 cm³/mol. The molecule has 0 aromatic carbocycles. The van der Waals surface area contributed by atoms with Gasteiger partial charge in [-0.15, -0.1) is 11.8 Å². The van der Waals surface area contributed by atoms with Crippen molar-refractivity contribution in [1.29, 1.82) is 0 Å². The summed E-state index contributed by atoms with van der Waals surface area (Å²) in [7, 11) is 0. The minimum Gasteiger partial charge on any atom is -0.474 e. The number of ether oxygens (including phenoxy) is 4. The summed E-state index contributed by atoms with van der Waals surface area (Å²) in [5, 5.41) is 0. The van der Waals surface area contributed by atoms with Crippen LogP contribution in [0.1, 0.15) is 26.5 Å². The molecule has 0 unspecified atom stereocenters. The van der Waals surface area contributed by atoms with Crippen molar-refractivity contribution in [3.05, 3.63) is 42.1 Å². The standard InChI is InChI=1S/C22H23FN2O7S/c1-11-5-6-15(8-24-11)19-17(23)7-16(9-25-19)32-22-21(31-14(4)28)20(30-13(3)27)18(10-33-22)29-12(2)26/h5-9,18,20-22H,10H2,1-4H3/t18-,20+,21-,22+/m1/s1. The van der Waals surface area contributed by atoms with Crippen molar-refractivity contribution in [2.75, 3.05) is 5.75 Å². The first-order valence-electron chi connectivity index (χ1n) is 10.0. The lowest BCUT2D eigenvalue weighted by Gasteiger charge is -2.39. The van der Waals surface area contributed by atoms with Gasteiger partial charge in [-0.3, -0.25) is 19.4 Å². The summed E-state index contributed by atoms with van der Waals surface area (Å²) in [6.45, 7) is 5.41. The van der Waals surface area contributed by atoms with Gasteiger partial charge in [0.05, 0.1) is 6.20 Å². The summed E-state index contributed by atoms with van der Waals surface area (Å²) >= 11 is 1.17. The summed E-state index contributed by atoms with van der Waals surface area (Å²) in [6.07, 6.45) is -0.209. The molecule has 1 fully saturated rings. The molecule has 9 nitrogen and oxygen atoms in total. The molecule has 3 rings (SSSR count). The number of thioether (sulfide) groups is 1. The van der Waals surface area contributed by atoms with Gasteiger partial charge in [0, 0.05) is 50.0 Å². The van der Waals surface area contributed by atoms with E-state index in [4.69, 9.17) is 18.9 Å². The Morgan fingerprint density at radius 1 is 0.970 bits per heavy atom. The van der Waals surface area contributed by atoms with Gasteiger partial charge in [0.15, 0.2) is 29.6 Å². The number of carbonyl (C=O) groups is 3. The maximum Gasteiger partial charge on any atom is 0.303 e. The number of hydrogen-bond donors (Lipinski definition) is 0. The molecule has 0 radical (unpaired) electrons. The van der Waals surface area contributed by atoms with Gasteiger partial charge in [0.2, 0.25) is 0 Å². The molecule has 1 aliphatic heterocycles.